The van der Waals surface area contributed by atoms with Crippen molar-refractivity contribution < 1.29 is 4.79 Å². The molecule has 0 aromatic heterocycles. The van der Waals surface area contributed by atoms with Gasteiger partial charge in [-0.25, -0.2) is 0 Å². The van der Waals surface area contributed by atoms with Crippen molar-refractivity contribution in [3.63, 3.8) is 0 Å². The monoisotopic (exact) mass is 356 g/mol. The van der Waals surface area contributed by atoms with Gasteiger partial charge in [-0.05, 0) is 53.3 Å². The van der Waals surface area contributed by atoms with Gasteiger partial charge in [0.15, 0.2) is 5.78 Å². The maximum Gasteiger partial charge on any atom is 0.194 e. The first-order valence-corrected chi connectivity index (χ1v) is 6.60. The van der Waals surface area contributed by atoms with Crippen molar-refractivity contribution in [2.45, 2.75) is 6.92 Å². The summed E-state index contributed by atoms with van der Waals surface area (Å²) in [6.45, 7) is 1.92. The molecule has 3 heteroatoms. The van der Waals surface area contributed by atoms with Crippen molar-refractivity contribution >= 4 is 40.0 Å². The van der Waals surface area contributed by atoms with Crippen molar-refractivity contribution in [2.75, 3.05) is 0 Å². The van der Waals surface area contributed by atoms with E-state index >= 15 is 0 Å². The third-order valence-corrected chi connectivity index (χ3v) is 3.90. The summed E-state index contributed by atoms with van der Waals surface area (Å²) >= 11 is 8.19. The molecule has 0 saturated heterocycles. The highest BCUT2D eigenvalue weighted by atomic mass is 127. The topological polar surface area (TPSA) is 17.1 Å². The maximum atomic E-state index is 12.3. The molecule has 0 aliphatic rings. The molecule has 0 atom stereocenters. The van der Waals surface area contributed by atoms with Gasteiger partial charge in [-0.2, -0.15) is 0 Å². The van der Waals surface area contributed by atoms with Crippen LogP contribution < -0.4 is 0 Å². The van der Waals surface area contributed by atoms with E-state index in [2.05, 4.69) is 22.6 Å². The Morgan fingerprint density at radius 3 is 2.53 bits per heavy atom. The molecular formula is C14H10ClIO. The Labute approximate surface area is 119 Å². The fraction of sp³-hybridized carbons (Fsp3) is 0.0714. The van der Waals surface area contributed by atoms with Gasteiger partial charge in [-0.15, -0.1) is 0 Å². The average Bonchev–Trinajstić information content (AvgIpc) is 2.32. The summed E-state index contributed by atoms with van der Waals surface area (Å²) in [7, 11) is 0. The normalized spacial score (nSPS) is 10.3. The lowest BCUT2D eigenvalue weighted by Crippen LogP contribution is -2.03. The van der Waals surface area contributed by atoms with E-state index in [1.165, 1.54) is 0 Å². The Hall–Kier alpha value is -0.870. The summed E-state index contributed by atoms with van der Waals surface area (Å²) in [5, 5.41) is 0.627. The largest absolute Gasteiger partial charge is 0.289 e. The number of benzene rings is 2. The minimum Gasteiger partial charge on any atom is -0.289 e. The first-order valence-electron chi connectivity index (χ1n) is 5.15. The van der Waals surface area contributed by atoms with Gasteiger partial charge in [0.25, 0.3) is 0 Å². The third kappa shape index (κ3) is 2.69. The summed E-state index contributed by atoms with van der Waals surface area (Å²) in [5.41, 5.74) is 2.32. The number of carbonyl (C=O) groups excluding carboxylic acids is 1. The number of ketones is 1. The van der Waals surface area contributed by atoms with Crippen LogP contribution in [0.1, 0.15) is 21.5 Å². The molecular weight excluding hydrogens is 347 g/mol. The van der Waals surface area contributed by atoms with E-state index in [0.29, 0.717) is 16.1 Å². The smallest absolute Gasteiger partial charge is 0.194 e. The molecule has 0 amide bonds. The van der Waals surface area contributed by atoms with E-state index in [9.17, 15) is 4.79 Å². The van der Waals surface area contributed by atoms with Gasteiger partial charge in [0, 0.05) is 19.7 Å². The van der Waals surface area contributed by atoms with Crippen molar-refractivity contribution in [1.29, 1.82) is 0 Å². The predicted octanol–water partition coefficient (Wildman–Crippen LogP) is 4.48. The lowest BCUT2D eigenvalue weighted by Gasteiger charge is -2.05. The lowest BCUT2D eigenvalue weighted by molar-refractivity contribution is 0.103. The Morgan fingerprint density at radius 2 is 1.88 bits per heavy atom. The maximum absolute atomic E-state index is 12.3. The van der Waals surface area contributed by atoms with E-state index in [1.54, 1.807) is 6.07 Å². The standard InChI is InChI=1S/C14H10ClIO/c1-9-6-7-10(8-12(9)15)14(17)11-4-2-3-5-13(11)16/h2-8H,1H3. The van der Waals surface area contributed by atoms with Crippen LogP contribution in [-0.4, -0.2) is 5.78 Å². The summed E-state index contributed by atoms with van der Waals surface area (Å²) in [4.78, 5) is 12.3. The first kappa shape index (κ1) is 12.6. The van der Waals surface area contributed by atoms with Crippen LogP contribution in [0.3, 0.4) is 0 Å². The molecule has 0 heterocycles. The molecule has 0 bridgehead atoms. The molecule has 0 unspecified atom stereocenters. The Balaban J connectivity index is 2.44. The fourth-order valence-corrected chi connectivity index (χ4v) is 2.35. The zero-order valence-corrected chi connectivity index (χ0v) is 12.1. The van der Waals surface area contributed by atoms with Crippen LogP contribution in [0.15, 0.2) is 42.5 Å². The van der Waals surface area contributed by atoms with E-state index < -0.39 is 0 Å². The molecule has 17 heavy (non-hydrogen) atoms. The molecule has 0 spiro atoms. The van der Waals surface area contributed by atoms with Gasteiger partial charge in [-0.3, -0.25) is 4.79 Å². The molecule has 0 saturated carbocycles. The van der Waals surface area contributed by atoms with Crippen LogP contribution in [0.25, 0.3) is 0 Å². The highest BCUT2D eigenvalue weighted by Crippen LogP contribution is 2.21. The molecule has 2 rings (SSSR count). The van der Waals surface area contributed by atoms with E-state index in [4.69, 9.17) is 11.6 Å². The Kier molecular flexibility index (Phi) is 3.84. The number of rotatable bonds is 2. The summed E-state index contributed by atoms with van der Waals surface area (Å²) in [6.07, 6.45) is 0. The Morgan fingerprint density at radius 1 is 1.18 bits per heavy atom. The van der Waals surface area contributed by atoms with Crippen LogP contribution in [0.5, 0.6) is 0 Å². The zero-order valence-electron chi connectivity index (χ0n) is 9.21. The van der Waals surface area contributed by atoms with Crippen molar-refractivity contribution in [3.05, 3.63) is 67.7 Å². The van der Waals surface area contributed by atoms with Gasteiger partial charge in [-0.1, -0.05) is 35.9 Å². The van der Waals surface area contributed by atoms with Crippen LogP contribution in [0.2, 0.25) is 5.02 Å². The van der Waals surface area contributed by atoms with E-state index in [-0.39, 0.29) is 5.78 Å². The lowest BCUT2D eigenvalue weighted by atomic mass is 10.0. The van der Waals surface area contributed by atoms with Gasteiger partial charge >= 0.3 is 0 Å². The quantitative estimate of drug-likeness (QED) is 0.572. The van der Waals surface area contributed by atoms with Gasteiger partial charge < -0.3 is 0 Å². The summed E-state index contributed by atoms with van der Waals surface area (Å²) in [6, 6.07) is 12.9. The predicted molar refractivity (Wildman–Crippen MR) is 78.8 cm³/mol. The van der Waals surface area contributed by atoms with E-state index in [1.807, 2.05) is 43.3 Å². The van der Waals surface area contributed by atoms with Crippen LogP contribution in [0.4, 0.5) is 0 Å². The average molecular weight is 357 g/mol. The van der Waals surface area contributed by atoms with Crippen molar-refractivity contribution in [2.24, 2.45) is 0 Å². The molecule has 0 fully saturated rings. The number of hydrogen-bond acceptors (Lipinski definition) is 1. The molecule has 86 valence electrons. The Bertz CT molecular complexity index is 578. The summed E-state index contributed by atoms with van der Waals surface area (Å²) in [5.74, 6) is 0.0110. The fourth-order valence-electron chi connectivity index (χ4n) is 1.53. The molecule has 0 N–H and O–H groups in total. The second-order valence-corrected chi connectivity index (χ2v) is 5.34. The highest BCUT2D eigenvalue weighted by molar-refractivity contribution is 14.1. The van der Waals surface area contributed by atoms with Gasteiger partial charge in [0.05, 0.1) is 0 Å². The molecule has 1 nitrogen and oxygen atoms in total. The SMILES string of the molecule is Cc1ccc(C(=O)c2ccccc2I)cc1Cl. The highest BCUT2D eigenvalue weighted by Gasteiger charge is 2.12. The minimum absolute atomic E-state index is 0.0110. The van der Waals surface area contributed by atoms with E-state index in [0.717, 1.165) is 9.13 Å². The number of halogens is 2. The second-order valence-electron chi connectivity index (χ2n) is 3.77. The summed E-state index contributed by atoms with van der Waals surface area (Å²) < 4.78 is 0.951. The molecule has 2 aromatic rings. The van der Waals surface area contributed by atoms with Gasteiger partial charge in [0.2, 0.25) is 0 Å². The van der Waals surface area contributed by atoms with Crippen LogP contribution >= 0.6 is 34.2 Å². The van der Waals surface area contributed by atoms with Crippen molar-refractivity contribution in [3.8, 4) is 0 Å². The molecule has 0 aliphatic heterocycles. The van der Waals surface area contributed by atoms with Gasteiger partial charge in [0.1, 0.15) is 0 Å². The number of aryl methyl sites for hydroxylation is 1. The minimum atomic E-state index is 0.0110. The number of carbonyl (C=O) groups is 1. The molecule has 0 aliphatic carbocycles. The van der Waals surface area contributed by atoms with Crippen LogP contribution in [0, 0.1) is 10.5 Å². The van der Waals surface area contributed by atoms with Crippen molar-refractivity contribution in [1.82, 2.24) is 0 Å². The zero-order chi connectivity index (χ0) is 12.4. The third-order valence-electron chi connectivity index (χ3n) is 2.55. The van der Waals surface area contributed by atoms with Crippen LogP contribution in [-0.2, 0) is 0 Å². The number of hydrogen-bond donors (Lipinski definition) is 0. The second kappa shape index (κ2) is 5.19. The molecule has 2 aromatic carbocycles. The first-order chi connectivity index (χ1) is 8.09. The molecule has 0 radical (unpaired) electrons.